The molecular formula is C35H49NO10. The molecule has 0 amide bonds. The number of likely N-dealkylation sites (tertiary alicyclic amines) is 1. The molecule has 46 heavy (non-hydrogen) atoms. The molecule has 1 aromatic rings. The second-order valence-electron chi connectivity index (χ2n) is 14.6. The fourth-order valence-electron chi connectivity index (χ4n) is 12.4. The van der Waals surface area contributed by atoms with Gasteiger partial charge < -0.3 is 38.3 Å². The topological polar surface area (TPSA) is 122 Å². The van der Waals surface area contributed by atoms with Gasteiger partial charge in [0.1, 0.15) is 23.1 Å². The molecular weight excluding hydrogens is 594 g/mol. The number of fused-ring (bicyclic) bond motifs is 2. The van der Waals surface area contributed by atoms with Crippen LogP contribution in [0.2, 0.25) is 0 Å². The Labute approximate surface area is 271 Å². The number of hydrogen-bond donors (Lipinski definition) is 1. The Bertz CT molecular complexity index is 1360. The Kier molecular flexibility index (Phi) is 7.81. The van der Waals surface area contributed by atoms with Crippen molar-refractivity contribution in [2.24, 2.45) is 34.5 Å². The average molecular weight is 644 g/mol. The summed E-state index contributed by atoms with van der Waals surface area (Å²) in [5, 5.41) is 12.8. The monoisotopic (exact) mass is 643 g/mol. The van der Waals surface area contributed by atoms with Crippen LogP contribution in [0.3, 0.4) is 0 Å². The number of carbonyl (C=O) groups excluding carboxylic acids is 2. The minimum absolute atomic E-state index is 0.00534. The van der Waals surface area contributed by atoms with Crippen molar-refractivity contribution in [1.29, 1.82) is 0 Å². The maximum Gasteiger partial charge on any atom is 0.338 e. The number of nitrogens with zero attached hydrogens (tertiary/aromatic N) is 1. The molecule has 254 valence electrons. The lowest BCUT2D eigenvalue weighted by molar-refractivity contribution is -0.287. The lowest BCUT2D eigenvalue weighted by Gasteiger charge is -2.69. The van der Waals surface area contributed by atoms with E-state index in [2.05, 4.69) is 11.8 Å². The van der Waals surface area contributed by atoms with Crippen LogP contribution >= 0.6 is 0 Å². The Balaban J connectivity index is 1.46. The minimum Gasteiger partial charge on any atom is -0.497 e. The fraction of sp³-hybridized carbons (Fsp3) is 0.771. The summed E-state index contributed by atoms with van der Waals surface area (Å²) < 4.78 is 43.6. The number of aliphatic hydroxyl groups is 1. The van der Waals surface area contributed by atoms with Crippen molar-refractivity contribution in [1.82, 2.24) is 4.90 Å². The summed E-state index contributed by atoms with van der Waals surface area (Å²) in [7, 11) is 8.44. The van der Waals surface area contributed by atoms with Crippen molar-refractivity contribution in [3.8, 4) is 5.75 Å². The number of piperidine rings is 1. The zero-order valence-electron chi connectivity index (χ0n) is 28.0. The van der Waals surface area contributed by atoms with Crippen LogP contribution in [0.4, 0.5) is 0 Å². The third-order valence-electron chi connectivity index (χ3n) is 13.3. The zero-order chi connectivity index (χ0) is 32.8. The first-order valence-corrected chi connectivity index (χ1v) is 16.6. The number of rotatable bonds is 10. The van der Waals surface area contributed by atoms with Crippen LogP contribution in [-0.4, -0.2) is 119 Å². The fourth-order valence-corrected chi connectivity index (χ4v) is 12.4. The van der Waals surface area contributed by atoms with Crippen molar-refractivity contribution in [2.45, 2.75) is 81.2 Å². The maximum atomic E-state index is 13.9. The van der Waals surface area contributed by atoms with E-state index >= 15 is 0 Å². The van der Waals surface area contributed by atoms with Crippen LogP contribution in [0.5, 0.6) is 5.75 Å². The van der Waals surface area contributed by atoms with Crippen molar-refractivity contribution in [3.63, 3.8) is 0 Å². The molecule has 11 heteroatoms. The first kappa shape index (κ1) is 32.3. The van der Waals surface area contributed by atoms with Gasteiger partial charge >= 0.3 is 11.9 Å². The van der Waals surface area contributed by atoms with Gasteiger partial charge in [-0.3, -0.25) is 9.69 Å². The number of esters is 2. The molecule has 1 spiro atoms. The molecule has 1 aliphatic heterocycles. The first-order valence-electron chi connectivity index (χ1n) is 16.6. The van der Waals surface area contributed by atoms with Crippen LogP contribution in [0.1, 0.15) is 49.9 Å². The molecule has 0 aromatic heterocycles. The molecule has 6 aliphatic rings. The predicted molar refractivity (Wildman–Crippen MR) is 164 cm³/mol. The number of ether oxygens (including phenoxy) is 7. The van der Waals surface area contributed by atoms with Gasteiger partial charge in [-0.2, -0.15) is 0 Å². The van der Waals surface area contributed by atoms with Gasteiger partial charge in [0.05, 0.1) is 37.6 Å². The highest BCUT2D eigenvalue weighted by atomic mass is 16.6. The van der Waals surface area contributed by atoms with Gasteiger partial charge in [-0.1, -0.05) is 6.92 Å². The molecule has 13 atom stereocenters. The summed E-state index contributed by atoms with van der Waals surface area (Å²) in [5.41, 5.74) is -3.03. The highest BCUT2D eigenvalue weighted by Crippen LogP contribution is 2.80. The van der Waals surface area contributed by atoms with Crippen LogP contribution in [0.25, 0.3) is 0 Å². The minimum atomic E-state index is -1.51. The predicted octanol–water partition coefficient (Wildman–Crippen LogP) is 2.72. The van der Waals surface area contributed by atoms with Crippen LogP contribution in [0.15, 0.2) is 24.3 Å². The normalized spacial score (nSPS) is 46.6. The third kappa shape index (κ3) is 3.87. The number of methoxy groups -OCH3 is 5. The number of hydrogen-bond acceptors (Lipinski definition) is 11. The molecule has 7 unspecified atom stereocenters. The standard InChI is InChI=1S/C35H49NO10/c1-8-36-17-32(18-40-3)14-13-23(42-5)35-22-15-33(39)24(43-6)16-34(46-19(2)37,26(29(35)36)27(44-7)28(32)35)25(22)30(33)45-31(38)20-9-11-21(41-4)12-10-20/h9-12,22-30,39H,8,13-18H2,1-7H3/t22?,23?,24?,25?,26?,27?,28?,29-,30-,32+,33+,34-,35+/m1/s1. The van der Waals surface area contributed by atoms with Crippen LogP contribution in [-0.2, 0) is 33.2 Å². The van der Waals surface area contributed by atoms with Crippen molar-refractivity contribution >= 4 is 11.9 Å². The smallest absolute Gasteiger partial charge is 0.338 e. The Hall–Kier alpha value is -2.28. The van der Waals surface area contributed by atoms with Crippen LogP contribution < -0.4 is 4.74 Å². The first-order chi connectivity index (χ1) is 22.1. The summed E-state index contributed by atoms with van der Waals surface area (Å²) in [6, 6.07) is 6.66. The van der Waals surface area contributed by atoms with E-state index in [1.165, 1.54) is 6.92 Å². The second-order valence-corrected chi connectivity index (χ2v) is 14.6. The van der Waals surface area contributed by atoms with E-state index in [0.717, 1.165) is 25.9 Å². The largest absolute Gasteiger partial charge is 0.497 e. The quantitative estimate of drug-likeness (QED) is 0.379. The lowest BCUT2D eigenvalue weighted by Crippen LogP contribution is -2.77. The van der Waals surface area contributed by atoms with E-state index in [4.69, 9.17) is 33.2 Å². The average Bonchev–Trinajstić information content (AvgIpc) is 3.42. The highest BCUT2D eigenvalue weighted by Gasteiger charge is 2.89. The zero-order valence-corrected chi connectivity index (χ0v) is 28.0. The van der Waals surface area contributed by atoms with E-state index in [9.17, 15) is 14.7 Å². The second kappa shape index (κ2) is 11.1. The maximum absolute atomic E-state index is 13.9. The molecule has 1 aromatic carbocycles. The van der Waals surface area contributed by atoms with E-state index < -0.39 is 46.7 Å². The van der Waals surface area contributed by atoms with Gasteiger partial charge in [0.2, 0.25) is 0 Å². The SMILES string of the molecule is CCN1C[C@]2(COC)CCC(OC)[C@@]34C5C[C@]6(O)C(OC)C[C@@](OC(C)=O)(C5[C@H]6OC(=O)c5ccc(OC)cc5)C(C(OC)C23)[C@@H]14. The lowest BCUT2D eigenvalue weighted by atomic mass is 9.43. The summed E-state index contributed by atoms with van der Waals surface area (Å²) in [6.07, 6.45) is 0.142. The molecule has 6 fully saturated rings. The van der Waals surface area contributed by atoms with Crippen molar-refractivity contribution in [2.75, 3.05) is 55.2 Å². The van der Waals surface area contributed by atoms with Gasteiger partial charge in [0.25, 0.3) is 0 Å². The molecule has 11 nitrogen and oxygen atoms in total. The molecule has 7 bridgehead atoms. The van der Waals surface area contributed by atoms with E-state index in [-0.39, 0.29) is 47.8 Å². The summed E-state index contributed by atoms with van der Waals surface area (Å²) in [5.74, 6) is -1.38. The third-order valence-corrected chi connectivity index (χ3v) is 13.3. The van der Waals surface area contributed by atoms with E-state index in [0.29, 0.717) is 24.3 Å². The van der Waals surface area contributed by atoms with Gasteiger partial charge in [-0.25, -0.2) is 4.79 Å². The summed E-state index contributed by atoms with van der Waals surface area (Å²) in [4.78, 5) is 29.7. The number of carbonyl (C=O) groups is 2. The van der Waals surface area contributed by atoms with Gasteiger partial charge in [0.15, 0.2) is 0 Å². The molecule has 1 saturated heterocycles. The van der Waals surface area contributed by atoms with Gasteiger partial charge in [-0.15, -0.1) is 0 Å². The highest BCUT2D eigenvalue weighted by molar-refractivity contribution is 5.89. The van der Waals surface area contributed by atoms with Crippen molar-refractivity contribution in [3.05, 3.63) is 29.8 Å². The van der Waals surface area contributed by atoms with Crippen molar-refractivity contribution < 1.29 is 47.9 Å². The van der Waals surface area contributed by atoms with Crippen LogP contribution in [0, 0.1) is 34.5 Å². The Morgan fingerprint density at radius 2 is 1.70 bits per heavy atom. The van der Waals surface area contributed by atoms with Gasteiger partial charge in [0, 0.05) is 83.0 Å². The molecule has 0 radical (unpaired) electrons. The Morgan fingerprint density at radius 1 is 0.978 bits per heavy atom. The molecule has 1 N–H and O–H groups in total. The number of benzene rings is 1. The molecule has 5 saturated carbocycles. The Morgan fingerprint density at radius 3 is 2.28 bits per heavy atom. The molecule has 7 rings (SSSR count). The molecule has 5 aliphatic carbocycles. The summed E-state index contributed by atoms with van der Waals surface area (Å²) in [6.45, 7) is 5.80. The summed E-state index contributed by atoms with van der Waals surface area (Å²) >= 11 is 0. The molecule has 1 heterocycles. The van der Waals surface area contributed by atoms with Gasteiger partial charge in [-0.05, 0) is 56.0 Å². The van der Waals surface area contributed by atoms with E-state index in [1.54, 1.807) is 59.8 Å². The van der Waals surface area contributed by atoms with E-state index in [1.807, 2.05) is 0 Å².